The average molecular weight is 339 g/mol. The molecule has 2 aliphatic rings. The van der Waals surface area contributed by atoms with Crippen LogP contribution in [-0.4, -0.2) is 50.7 Å². The van der Waals surface area contributed by atoms with Gasteiger partial charge in [-0.05, 0) is 37.0 Å². The highest BCUT2D eigenvalue weighted by Crippen LogP contribution is 2.35. The van der Waals surface area contributed by atoms with E-state index in [0.717, 1.165) is 58.7 Å². The first-order valence-corrected chi connectivity index (χ1v) is 8.68. The van der Waals surface area contributed by atoms with Crippen LogP contribution in [0, 0.1) is 5.92 Å². The van der Waals surface area contributed by atoms with Crippen LogP contribution < -0.4 is 21.7 Å². The summed E-state index contributed by atoms with van der Waals surface area (Å²) in [6.45, 7) is 6.98. The number of piperazine rings is 1. The number of benzene rings is 1. The topological polar surface area (TPSA) is 70.5 Å². The van der Waals surface area contributed by atoms with Crippen LogP contribution >= 0.6 is 0 Å². The molecule has 1 aromatic carbocycles. The molecule has 0 aromatic heterocycles. The summed E-state index contributed by atoms with van der Waals surface area (Å²) in [5.74, 6) is 0.634. The number of nitrogens with one attached hydrogen (secondary N) is 1. The van der Waals surface area contributed by atoms with Crippen molar-refractivity contribution < 1.29 is 8.78 Å². The Labute approximate surface area is 142 Å². The maximum atomic E-state index is 13.7. The van der Waals surface area contributed by atoms with E-state index < -0.39 is 6.05 Å². The third-order valence-electron chi connectivity index (χ3n) is 5.06. The van der Waals surface area contributed by atoms with E-state index in [-0.39, 0.29) is 5.56 Å². The lowest BCUT2D eigenvalue weighted by atomic mass is 9.94. The van der Waals surface area contributed by atoms with Crippen LogP contribution in [0.1, 0.15) is 18.4 Å². The van der Waals surface area contributed by atoms with E-state index in [9.17, 15) is 8.78 Å². The molecule has 0 aliphatic carbocycles. The second kappa shape index (κ2) is 7.21. The fourth-order valence-electron chi connectivity index (χ4n) is 3.71. The fraction of sp³-hybridized carbons (Fsp3) is 0.647. The molecule has 1 aromatic rings. The zero-order valence-electron chi connectivity index (χ0n) is 14.0. The number of nitrogens with two attached hydrogens (primary N) is 2. The van der Waals surface area contributed by atoms with E-state index in [1.165, 1.54) is 6.07 Å². The highest BCUT2D eigenvalue weighted by molar-refractivity contribution is 5.61. The number of piperidine rings is 1. The fourth-order valence-corrected chi connectivity index (χ4v) is 3.71. The molecule has 2 saturated heterocycles. The maximum absolute atomic E-state index is 13.7. The molecule has 0 bridgehead atoms. The molecule has 2 heterocycles. The van der Waals surface area contributed by atoms with E-state index in [2.05, 4.69) is 10.2 Å². The van der Waals surface area contributed by atoms with E-state index in [0.29, 0.717) is 17.3 Å². The molecule has 0 radical (unpaired) electrons. The molecule has 24 heavy (non-hydrogen) atoms. The third kappa shape index (κ3) is 4.15. The monoisotopic (exact) mass is 339 g/mol. The van der Waals surface area contributed by atoms with Gasteiger partial charge in [-0.25, -0.2) is 0 Å². The zero-order chi connectivity index (χ0) is 17.2. The SMILES string of the molecule is Nc1ccc(N2CCC(CN3CCNCC3)CC2)c(C(N)(F)F)c1. The largest absolute Gasteiger partial charge is 0.399 e. The van der Waals surface area contributed by atoms with Gasteiger partial charge in [-0.15, -0.1) is 0 Å². The molecule has 5 nitrogen and oxygen atoms in total. The van der Waals surface area contributed by atoms with Crippen molar-refractivity contribution in [1.29, 1.82) is 0 Å². The summed E-state index contributed by atoms with van der Waals surface area (Å²) in [5.41, 5.74) is 11.4. The molecule has 134 valence electrons. The van der Waals surface area contributed by atoms with Gasteiger partial charge < -0.3 is 20.9 Å². The summed E-state index contributed by atoms with van der Waals surface area (Å²) in [5, 5.41) is 3.36. The maximum Gasteiger partial charge on any atom is 0.329 e. The van der Waals surface area contributed by atoms with Crippen molar-refractivity contribution in [2.75, 3.05) is 56.4 Å². The smallest absolute Gasteiger partial charge is 0.329 e. The first-order chi connectivity index (χ1) is 11.4. The van der Waals surface area contributed by atoms with Crippen molar-refractivity contribution in [2.45, 2.75) is 18.9 Å². The summed E-state index contributed by atoms with van der Waals surface area (Å²) in [7, 11) is 0. The molecule has 0 atom stereocenters. The van der Waals surface area contributed by atoms with Crippen molar-refractivity contribution in [3.8, 4) is 0 Å². The molecule has 3 rings (SSSR count). The highest BCUT2D eigenvalue weighted by atomic mass is 19.3. The van der Waals surface area contributed by atoms with Crippen LogP contribution in [0.25, 0.3) is 0 Å². The molecular weight excluding hydrogens is 312 g/mol. The second-order valence-electron chi connectivity index (χ2n) is 6.88. The third-order valence-corrected chi connectivity index (χ3v) is 5.06. The quantitative estimate of drug-likeness (QED) is 0.571. The van der Waals surface area contributed by atoms with E-state index in [1.807, 2.05) is 4.90 Å². The minimum Gasteiger partial charge on any atom is -0.399 e. The van der Waals surface area contributed by atoms with E-state index in [1.54, 1.807) is 12.1 Å². The van der Waals surface area contributed by atoms with Gasteiger partial charge in [-0.3, -0.25) is 5.73 Å². The number of nitrogens with zero attached hydrogens (tertiary/aromatic N) is 2. The van der Waals surface area contributed by atoms with E-state index in [4.69, 9.17) is 11.5 Å². The molecule has 0 spiro atoms. The first-order valence-electron chi connectivity index (χ1n) is 8.68. The van der Waals surface area contributed by atoms with Crippen LogP contribution in [-0.2, 0) is 6.05 Å². The summed E-state index contributed by atoms with van der Waals surface area (Å²) in [6.07, 6.45) is 2.04. The Morgan fingerprint density at radius 3 is 2.42 bits per heavy atom. The molecule has 0 unspecified atom stereocenters. The average Bonchev–Trinajstić information content (AvgIpc) is 2.56. The number of hydrogen-bond donors (Lipinski definition) is 3. The summed E-state index contributed by atoms with van der Waals surface area (Å²) in [4.78, 5) is 4.52. The van der Waals surface area contributed by atoms with Crippen molar-refractivity contribution in [3.63, 3.8) is 0 Å². The van der Waals surface area contributed by atoms with Gasteiger partial charge >= 0.3 is 6.05 Å². The Morgan fingerprint density at radius 2 is 1.79 bits per heavy atom. The standard InChI is InChI=1S/C17H27F2N5/c18-17(19,21)15-11-14(20)1-2-16(15)24-7-3-13(4-8-24)12-23-9-5-22-6-10-23/h1-2,11,13,22H,3-10,12,20-21H2. The van der Waals surface area contributed by atoms with Gasteiger partial charge in [0, 0.05) is 57.2 Å². The molecule has 2 fully saturated rings. The number of rotatable bonds is 4. The lowest BCUT2D eigenvalue weighted by Gasteiger charge is -2.38. The lowest BCUT2D eigenvalue weighted by Crippen LogP contribution is -2.47. The molecule has 5 N–H and O–H groups in total. The van der Waals surface area contributed by atoms with Gasteiger partial charge in [-0.2, -0.15) is 8.78 Å². The summed E-state index contributed by atoms with van der Waals surface area (Å²) >= 11 is 0. The Kier molecular flexibility index (Phi) is 5.22. The van der Waals surface area contributed by atoms with Crippen LogP contribution in [0.15, 0.2) is 18.2 Å². The first kappa shape index (κ1) is 17.4. The van der Waals surface area contributed by atoms with Crippen LogP contribution in [0.2, 0.25) is 0 Å². The number of halogens is 2. The minimum absolute atomic E-state index is 0.178. The predicted molar refractivity (Wildman–Crippen MR) is 93.2 cm³/mol. The number of hydrogen-bond acceptors (Lipinski definition) is 5. The lowest BCUT2D eigenvalue weighted by molar-refractivity contribution is 0.00346. The van der Waals surface area contributed by atoms with Crippen LogP contribution in [0.5, 0.6) is 0 Å². The van der Waals surface area contributed by atoms with Crippen molar-refractivity contribution >= 4 is 11.4 Å². The van der Waals surface area contributed by atoms with Crippen molar-refractivity contribution in [1.82, 2.24) is 10.2 Å². The normalized spacial score (nSPS) is 21.2. The van der Waals surface area contributed by atoms with Gasteiger partial charge in [0.05, 0.1) is 5.56 Å². The molecular formula is C17H27F2N5. The number of alkyl halides is 2. The molecule has 0 amide bonds. The zero-order valence-corrected chi connectivity index (χ0v) is 14.0. The van der Waals surface area contributed by atoms with Gasteiger partial charge in [0.1, 0.15) is 0 Å². The van der Waals surface area contributed by atoms with Crippen molar-refractivity contribution in [2.24, 2.45) is 11.7 Å². The molecule has 2 aliphatic heterocycles. The van der Waals surface area contributed by atoms with E-state index >= 15 is 0 Å². The van der Waals surface area contributed by atoms with Gasteiger partial charge in [0.25, 0.3) is 0 Å². The Hall–Kier alpha value is -1.44. The Bertz CT molecular complexity index is 546. The molecule has 7 heteroatoms. The minimum atomic E-state index is -3.37. The Morgan fingerprint density at radius 1 is 1.12 bits per heavy atom. The van der Waals surface area contributed by atoms with Gasteiger partial charge in [0.15, 0.2) is 0 Å². The van der Waals surface area contributed by atoms with Crippen LogP contribution in [0.3, 0.4) is 0 Å². The summed E-state index contributed by atoms with van der Waals surface area (Å²) in [6, 6.07) is 1.25. The second-order valence-corrected chi connectivity index (χ2v) is 6.88. The van der Waals surface area contributed by atoms with Crippen LogP contribution in [0.4, 0.5) is 20.2 Å². The number of anilines is 2. The Balaban J connectivity index is 1.62. The summed E-state index contributed by atoms with van der Waals surface area (Å²) < 4.78 is 27.4. The highest BCUT2D eigenvalue weighted by Gasteiger charge is 2.32. The number of nitrogen functional groups attached to an aromatic ring is 1. The predicted octanol–water partition coefficient (Wildman–Crippen LogP) is 1.40. The van der Waals surface area contributed by atoms with Crippen molar-refractivity contribution in [3.05, 3.63) is 23.8 Å². The molecule has 0 saturated carbocycles. The van der Waals surface area contributed by atoms with Gasteiger partial charge in [0.2, 0.25) is 0 Å². The van der Waals surface area contributed by atoms with Gasteiger partial charge in [-0.1, -0.05) is 0 Å².